The fraction of sp³-hybridized carbons (Fsp3) is 0.818. The van der Waals surface area contributed by atoms with E-state index in [0.29, 0.717) is 18.8 Å². The molecule has 2 N–H and O–H groups in total. The number of amides is 1. The van der Waals surface area contributed by atoms with Gasteiger partial charge in [-0.05, 0) is 25.5 Å². The van der Waals surface area contributed by atoms with Gasteiger partial charge in [0.05, 0.1) is 11.9 Å². The molecule has 0 aliphatic carbocycles. The van der Waals surface area contributed by atoms with Gasteiger partial charge in [-0.25, -0.2) is 0 Å². The van der Waals surface area contributed by atoms with Crippen LogP contribution in [0.5, 0.6) is 0 Å². The quantitative estimate of drug-likeness (QED) is 0.692. The van der Waals surface area contributed by atoms with Gasteiger partial charge in [-0.3, -0.25) is 9.59 Å². The standard InChI is InChI=1S/C11H20N2O3S/c1-3-16-11(15)8(12)5-7-17-9-4-6-13(2)10(9)14/h8-9H,3-7,12H2,1-2H3. The van der Waals surface area contributed by atoms with E-state index in [1.807, 2.05) is 7.05 Å². The number of ether oxygens (including phenoxy) is 1. The predicted molar refractivity (Wildman–Crippen MR) is 67.7 cm³/mol. The van der Waals surface area contributed by atoms with E-state index in [4.69, 9.17) is 10.5 Å². The van der Waals surface area contributed by atoms with Gasteiger partial charge in [0.2, 0.25) is 5.91 Å². The molecule has 6 heteroatoms. The Hall–Kier alpha value is -0.750. The molecular formula is C11H20N2O3S. The van der Waals surface area contributed by atoms with Crippen LogP contribution in [0.25, 0.3) is 0 Å². The second-order valence-electron chi connectivity index (χ2n) is 4.06. The fourth-order valence-electron chi connectivity index (χ4n) is 1.65. The summed E-state index contributed by atoms with van der Waals surface area (Å²) in [4.78, 5) is 24.6. The Morgan fingerprint density at radius 2 is 2.41 bits per heavy atom. The maximum absolute atomic E-state index is 11.6. The van der Waals surface area contributed by atoms with Gasteiger partial charge in [0.15, 0.2) is 0 Å². The largest absolute Gasteiger partial charge is 0.465 e. The lowest BCUT2D eigenvalue weighted by atomic mass is 10.2. The molecule has 1 aliphatic rings. The average Bonchev–Trinajstić information content (AvgIpc) is 2.61. The number of hydrogen-bond acceptors (Lipinski definition) is 5. The van der Waals surface area contributed by atoms with Gasteiger partial charge in [-0.15, -0.1) is 11.8 Å². The van der Waals surface area contributed by atoms with Crippen molar-refractivity contribution in [2.75, 3.05) is 26.0 Å². The molecule has 0 aromatic heterocycles. The minimum absolute atomic E-state index is 0.0365. The van der Waals surface area contributed by atoms with Gasteiger partial charge in [-0.2, -0.15) is 0 Å². The van der Waals surface area contributed by atoms with E-state index in [1.54, 1.807) is 23.6 Å². The lowest BCUT2D eigenvalue weighted by Gasteiger charge is -2.12. The molecule has 17 heavy (non-hydrogen) atoms. The summed E-state index contributed by atoms with van der Waals surface area (Å²) in [6.07, 6.45) is 1.44. The van der Waals surface area contributed by atoms with E-state index in [-0.39, 0.29) is 17.1 Å². The van der Waals surface area contributed by atoms with Gasteiger partial charge in [0.25, 0.3) is 0 Å². The highest BCUT2D eigenvalue weighted by Crippen LogP contribution is 2.23. The lowest BCUT2D eigenvalue weighted by Crippen LogP contribution is -2.33. The normalized spacial score (nSPS) is 21.7. The van der Waals surface area contributed by atoms with Crippen LogP contribution in [0.1, 0.15) is 19.8 Å². The predicted octanol–water partition coefficient (Wildman–Crippen LogP) is 0.231. The number of rotatable bonds is 6. The van der Waals surface area contributed by atoms with E-state index < -0.39 is 6.04 Å². The first-order valence-electron chi connectivity index (χ1n) is 5.85. The Kier molecular flexibility index (Phi) is 5.77. The van der Waals surface area contributed by atoms with E-state index in [2.05, 4.69) is 0 Å². The number of carbonyl (C=O) groups excluding carboxylic acids is 2. The Morgan fingerprint density at radius 1 is 1.71 bits per heavy atom. The molecule has 0 aromatic carbocycles. The van der Waals surface area contributed by atoms with Crippen LogP contribution in [0.4, 0.5) is 0 Å². The minimum Gasteiger partial charge on any atom is -0.465 e. The number of likely N-dealkylation sites (tertiary alicyclic amines) is 1. The van der Waals surface area contributed by atoms with Crippen LogP contribution < -0.4 is 5.73 Å². The van der Waals surface area contributed by atoms with Crippen molar-refractivity contribution in [3.63, 3.8) is 0 Å². The molecule has 2 atom stereocenters. The third-order valence-electron chi connectivity index (χ3n) is 2.72. The molecule has 0 aromatic rings. The first-order valence-corrected chi connectivity index (χ1v) is 6.90. The molecule has 2 unspecified atom stereocenters. The molecule has 98 valence electrons. The molecule has 1 saturated heterocycles. The van der Waals surface area contributed by atoms with Crippen LogP contribution in [-0.4, -0.2) is 54.0 Å². The van der Waals surface area contributed by atoms with Gasteiger partial charge in [0.1, 0.15) is 6.04 Å². The summed E-state index contributed by atoms with van der Waals surface area (Å²) in [6.45, 7) is 2.93. The average molecular weight is 260 g/mol. The van der Waals surface area contributed by atoms with Crippen LogP contribution in [0.2, 0.25) is 0 Å². The molecular weight excluding hydrogens is 240 g/mol. The molecule has 0 radical (unpaired) electrons. The van der Waals surface area contributed by atoms with Crippen molar-refractivity contribution < 1.29 is 14.3 Å². The minimum atomic E-state index is -0.573. The fourth-order valence-corrected chi connectivity index (χ4v) is 2.92. The molecule has 0 spiro atoms. The zero-order valence-corrected chi connectivity index (χ0v) is 11.2. The monoisotopic (exact) mass is 260 g/mol. The maximum Gasteiger partial charge on any atom is 0.322 e. The van der Waals surface area contributed by atoms with E-state index in [0.717, 1.165) is 13.0 Å². The van der Waals surface area contributed by atoms with Gasteiger partial charge >= 0.3 is 5.97 Å². The zero-order valence-electron chi connectivity index (χ0n) is 10.3. The summed E-state index contributed by atoms with van der Waals surface area (Å²) in [5.74, 6) is 0.534. The van der Waals surface area contributed by atoms with Gasteiger partial charge < -0.3 is 15.4 Å². The number of esters is 1. The van der Waals surface area contributed by atoms with E-state index in [1.165, 1.54) is 0 Å². The van der Waals surface area contributed by atoms with Crippen molar-refractivity contribution in [3.05, 3.63) is 0 Å². The van der Waals surface area contributed by atoms with Crippen molar-refractivity contribution in [1.82, 2.24) is 4.90 Å². The van der Waals surface area contributed by atoms with Crippen LogP contribution >= 0.6 is 11.8 Å². The summed E-state index contributed by atoms with van der Waals surface area (Å²) >= 11 is 1.58. The Morgan fingerprint density at radius 3 is 2.94 bits per heavy atom. The topological polar surface area (TPSA) is 72.6 Å². The Balaban J connectivity index is 2.19. The van der Waals surface area contributed by atoms with Crippen LogP contribution in [0.15, 0.2) is 0 Å². The van der Waals surface area contributed by atoms with Crippen molar-refractivity contribution in [3.8, 4) is 0 Å². The Bertz CT molecular complexity index is 286. The van der Waals surface area contributed by atoms with Crippen LogP contribution in [0.3, 0.4) is 0 Å². The summed E-state index contributed by atoms with van der Waals surface area (Å²) < 4.78 is 4.82. The third kappa shape index (κ3) is 4.20. The number of hydrogen-bond donors (Lipinski definition) is 1. The van der Waals surface area contributed by atoms with Crippen molar-refractivity contribution >= 4 is 23.6 Å². The number of nitrogens with two attached hydrogens (primary N) is 1. The SMILES string of the molecule is CCOC(=O)C(N)CCSC1CCN(C)C1=O. The molecule has 0 bridgehead atoms. The number of carbonyl (C=O) groups is 2. The van der Waals surface area contributed by atoms with Gasteiger partial charge in [0, 0.05) is 13.6 Å². The smallest absolute Gasteiger partial charge is 0.322 e. The summed E-state index contributed by atoms with van der Waals surface area (Å²) in [7, 11) is 1.81. The van der Waals surface area contributed by atoms with Gasteiger partial charge in [-0.1, -0.05) is 0 Å². The molecule has 0 saturated carbocycles. The lowest BCUT2D eigenvalue weighted by molar-refractivity contribution is -0.144. The molecule has 1 heterocycles. The Labute approximate surface area is 106 Å². The highest BCUT2D eigenvalue weighted by molar-refractivity contribution is 8.00. The second-order valence-corrected chi connectivity index (χ2v) is 5.37. The molecule has 1 rings (SSSR count). The summed E-state index contributed by atoms with van der Waals surface area (Å²) in [6, 6.07) is -0.573. The number of thioether (sulfide) groups is 1. The van der Waals surface area contributed by atoms with Crippen LogP contribution in [-0.2, 0) is 14.3 Å². The van der Waals surface area contributed by atoms with Crippen LogP contribution in [0, 0.1) is 0 Å². The second kappa shape index (κ2) is 6.86. The molecule has 1 fully saturated rings. The van der Waals surface area contributed by atoms with E-state index in [9.17, 15) is 9.59 Å². The highest BCUT2D eigenvalue weighted by Gasteiger charge is 2.29. The first-order chi connectivity index (χ1) is 8.06. The van der Waals surface area contributed by atoms with E-state index >= 15 is 0 Å². The molecule has 1 aliphatic heterocycles. The summed E-state index contributed by atoms with van der Waals surface area (Å²) in [5.41, 5.74) is 5.67. The molecule has 1 amide bonds. The number of nitrogens with zero attached hydrogens (tertiary/aromatic N) is 1. The molecule has 5 nitrogen and oxygen atoms in total. The highest BCUT2D eigenvalue weighted by atomic mass is 32.2. The van der Waals surface area contributed by atoms with Crippen molar-refractivity contribution in [1.29, 1.82) is 0 Å². The van der Waals surface area contributed by atoms with Crippen molar-refractivity contribution in [2.24, 2.45) is 5.73 Å². The third-order valence-corrected chi connectivity index (χ3v) is 4.03. The maximum atomic E-state index is 11.6. The van der Waals surface area contributed by atoms with Crippen molar-refractivity contribution in [2.45, 2.75) is 31.1 Å². The first kappa shape index (κ1) is 14.3. The summed E-state index contributed by atoms with van der Waals surface area (Å²) in [5, 5.41) is 0.0365. The zero-order chi connectivity index (χ0) is 12.8.